The molecule has 0 radical (unpaired) electrons. The molecule has 172 valence electrons. The molecule has 0 unspecified atom stereocenters. The highest BCUT2D eigenvalue weighted by Crippen LogP contribution is 2.22. The Hall–Kier alpha value is -3.39. The number of tetrazole rings is 1. The number of hydrogen-bond acceptors (Lipinski definition) is 6. The summed E-state index contributed by atoms with van der Waals surface area (Å²) < 4.78 is 1.89. The molecule has 8 nitrogen and oxygen atoms in total. The third-order valence-electron chi connectivity index (χ3n) is 6.49. The van der Waals surface area contributed by atoms with Crippen LogP contribution in [0, 0.1) is 13.8 Å². The van der Waals surface area contributed by atoms with Crippen molar-refractivity contribution in [3.63, 3.8) is 0 Å². The number of hydrogen-bond donors (Lipinski definition) is 1. The van der Waals surface area contributed by atoms with Crippen molar-refractivity contribution in [2.45, 2.75) is 66.2 Å². The van der Waals surface area contributed by atoms with Gasteiger partial charge in [0, 0.05) is 31.0 Å². The van der Waals surface area contributed by atoms with Gasteiger partial charge in [-0.1, -0.05) is 25.1 Å². The van der Waals surface area contributed by atoms with E-state index in [4.69, 9.17) is 0 Å². The van der Waals surface area contributed by atoms with E-state index in [1.165, 1.54) is 0 Å². The molecule has 4 rings (SSSR count). The second kappa shape index (κ2) is 9.23. The first-order valence-corrected chi connectivity index (χ1v) is 11.3. The molecule has 0 saturated carbocycles. The lowest BCUT2D eigenvalue weighted by molar-refractivity contribution is 0.216. The average Bonchev–Trinajstić information content (AvgIpc) is 3.27. The number of nitrogens with zero attached hydrogens (tertiary/aromatic N) is 6. The lowest BCUT2D eigenvalue weighted by Crippen LogP contribution is -2.32. The Morgan fingerprint density at radius 2 is 1.94 bits per heavy atom. The first-order chi connectivity index (χ1) is 15.8. The van der Waals surface area contributed by atoms with Crippen LogP contribution < -0.4 is 5.56 Å². The summed E-state index contributed by atoms with van der Waals surface area (Å²) in [7, 11) is 0. The van der Waals surface area contributed by atoms with Crippen LogP contribution in [0.15, 0.2) is 47.5 Å². The summed E-state index contributed by atoms with van der Waals surface area (Å²) in [4.78, 5) is 22.6. The van der Waals surface area contributed by atoms with E-state index in [1.807, 2.05) is 36.0 Å². The van der Waals surface area contributed by atoms with Gasteiger partial charge < -0.3 is 4.98 Å². The van der Waals surface area contributed by atoms with Gasteiger partial charge in [0.1, 0.15) is 0 Å². The number of H-pyrrole nitrogens is 1. The van der Waals surface area contributed by atoms with Crippen LogP contribution in [0.25, 0.3) is 10.9 Å². The molecule has 33 heavy (non-hydrogen) atoms. The first kappa shape index (κ1) is 22.8. The molecule has 0 fully saturated rings. The molecule has 0 spiro atoms. The summed E-state index contributed by atoms with van der Waals surface area (Å²) >= 11 is 0. The predicted octanol–water partition coefficient (Wildman–Crippen LogP) is 3.87. The normalized spacial score (nSPS) is 12.1. The van der Waals surface area contributed by atoms with E-state index >= 15 is 0 Å². The van der Waals surface area contributed by atoms with Crippen molar-refractivity contribution in [1.29, 1.82) is 0 Å². The van der Waals surface area contributed by atoms with Gasteiger partial charge in [0.05, 0.1) is 17.6 Å². The number of pyridine rings is 2. The summed E-state index contributed by atoms with van der Waals surface area (Å²) in [5, 5.41) is 13.5. The largest absolute Gasteiger partial charge is 0.321 e. The minimum atomic E-state index is -0.200. The standard InChI is InChI=1S/C25H31N7O/c1-6-25(4,5)32-22(28-29-30-32)16-31(14-19-8-7-11-26-13-19)15-21-12-20-10-9-17(2)18(3)23(20)27-24(21)33/h7-13H,6,14-16H2,1-5H3,(H,27,33). The smallest absolute Gasteiger partial charge is 0.252 e. The zero-order valence-electron chi connectivity index (χ0n) is 20.0. The van der Waals surface area contributed by atoms with Crippen LogP contribution in [0.3, 0.4) is 0 Å². The van der Waals surface area contributed by atoms with E-state index < -0.39 is 0 Å². The van der Waals surface area contributed by atoms with Crippen LogP contribution in [0.4, 0.5) is 0 Å². The summed E-state index contributed by atoms with van der Waals surface area (Å²) in [6, 6.07) is 10.1. The van der Waals surface area contributed by atoms with Gasteiger partial charge in [-0.3, -0.25) is 14.7 Å². The van der Waals surface area contributed by atoms with E-state index in [2.05, 4.69) is 70.2 Å². The molecule has 4 aromatic rings. The lowest BCUT2D eigenvalue weighted by atomic mass is 10.0. The molecule has 8 heteroatoms. The van der Waals surface area contributed by atoms with E-state index in [0.717, 1.165) is 39.8 Å². The molecule has 0 aliphatic rings. The number of aromatic nitrogens is 6. The number of benzene rings is 1. The quantitative estimate of drug-likeness (QED) is 0.443. The molecule has 1 N–H and O–H groups in total. The second-order valence-electron chi connectivity index (χ2n) is 9.27. The third-order valence-corrected chi connectivity index (χ3v) is 6.49. The Bertz CT molecular complexity index is 1310. The van der Waals surface area contributed by atoms with E-state index in [0.29, 0.717) is 25.2 Å². The van der Waals surface area contributed by atoms with Gasteiger partial charge in [0.2, 0.25) is 0 Å². The highest BCUT2D eigenvalue weighted by molar-refractivity contribution is 5.83. The minimum Gasteiger partial charge on any atom is -0.321 e. The fraction of sp³-hybridized carbons (Fsp3) is 0.400. The number of rotatable bonds is 8. The zero-order valence-corrected chi connectivity index (χ0v) is 20.0. The van der Waals surface area contributed by atoms with Gasteiger partial charge in [-0.2, -0.15) is 0 Å². The zero-order chi connectivity index (χ0) is 23.6. The van der Waals surface area contributed by atoms with Gasteiger partial charge in [-0.15, -0.1) is 5.10 Å². The monoisotopic (exact) mass is 445 g/mol. The van der Waals surface area contributed by atoms with Crippen molar-refractivity contribution in [3.05, 3.63) is 81.2 Å². The Morgan fingerprint density at radius 3 is 2.67 bits per heavy atom. The van der Waals surface area contributed by atoms with E-state index in [1.54, 1.807) is 6.20 Å². The minimum absolute atomic E-state index is 0.0686. The highest BCUT2D eigenvalue weighted by atomic mass is 16.1. The molecular weight excluding hydrogens is 414 g/mol. The van der Waals surface area contributed by atoms with Gasteiger partial charge in [0.25, 0.3) is 5.56 Å². The van der Waals surface area contributed by atoms with Gasteiger partial charge in [-0.05, 0) is 78.8 Å². The average molecular weight is 446 g/mol. The maximum Gasteiger partial charge on any atom is 0.252 e. The maximum absolute atomic E-state index is 13.0. The highest BCUT2D eigenvalue weighted by Gasteiger charge is 2.25. The molecule has 3 aromatic heterocycles. The first-order valence-electron chi connectivity index (χ1n) is 11.3. The molecule has 0 aliphatic heterocycles. The molecule has 0 amide bonds. The number of fused-ring (bicyclic) bond motifs is 1. The van der Waals surface area contributed by atoms with Crippen LogP contribution in [0.2, 0.25) is 0 Å². The molecule has 1 aromatic carbocycles. The molecule has 0 atom stereocenters. The topological polar surface area (TPSA) is 92.6 Å². The van der Waals surface area contributed by atoms with Crippen molar-refractivity contribution in [2.24, 2.45) is 0 Å². The molecule has 3 heterocycles. The Kier molecular flexibility index (Phi) is 6.37. The summed E-state index contributed by atoms with van der Waals surface area (Å²) in [6.07, 6.45) is 4.51. The van der Waals surface area contributed by atoms with Crippen molar-refractivity contribution in [2.75, 3.05) is 0 Å². The summed E-state index contributed by atoms with van der Waals surface area (Å²) in [5.74, 6) is 0.773. The van der Waals surface area contributed by atoms with Crippen LogP contribution in [-0.2, 0) is 25.2 Å². The van der Waals surface area contributed by atoms with E-state index in [-0.39, 0.29) is 11.1 Å². The number of aromatic amines is 1. The molecule has 0 saturated heterocycles. The Morgan fingerprint density at radius 1 is 1.12 bits per heavy atom. The third kappa shape index (κ3) is 4.85. The predicted molar refractivity (Wildman–Crippen MR) is 129 cm³/mol. The molecule has 0 aliphatic carbocycles. The second-order valence-corrected chi connectivity index (χ2v) is 9.27. The molecule has 0 bridgehead atoms. The SMILES string of the molecule is CCC(C)(C)n1nnnc1CN(Cc1cccnc1)Cc1cc2ccc(C)c(C)c2[nH]c1=O. The summed E-state index contributed by atoms with van der Waals surface area (Å²) in [6.45, 7) is 12.1. The Labute approximate surface area is 193 Å². The van der Waals surface area contributed by atoms with Crippen molar-refractivity contribution >= 4 is 10.9 Å². The van der Waals surface area contributed by atoms with Crippen molar-refractivity contribution in [3.8, 4) is 0 Å². The van der Waals surface area contributed by atoms with Crippen LogP contribution >= 0.6 is 0 Å². The fourth-order valence-corrected chi connectivity index (χ4v) is 3.97. The Balaban J connectivity index is 1.69. The van der Waals surface area contributed by atoms with Crippen molar-refractivity contribution < 1.29 is 0 Å². The van der Waals surface area contributed by atoms with Gasteiger partial charge >= 0.3 is 0 Å². The summed E-state index contributed by atoms with van der Waals surface area (Å²) in [5.41, 5.74) is 4.67. The van der Waals surface area contributed by atoms with E-state index in [9.17, 15) is 4.79 Å². The maximum atomic E-state index is 13.0. The van der Waals surface area contributed by atoms with Crippen LogP contribution in [0.1, 0.15) is 55.3 Å². The lowest BCUT2D eigenvalue weighted by Gasteiger charge is -2.27. The number of nitrogens with one attached hydrogen (secondary N) is 1. The van der Waals surface area contributed by atoms with Crippen LogP contribution in [-0.4, -0.2) is 35.1 Å². The van der Waals surface area contributed by atoms with Crippen LogP contribution in [0.5, 0.6) is 0 Å². The number of aryl methyl sites for hydroxylation is 2. The van der Waals surface area contributed by atoms with Crippen molar-refractivity contribution in [1.82, 2.24) is 35.1 Å². The molecular formula is C25H31N7O. The van der Waals surface area contributed by atoms with Gasteiger partial charge in [0.15, 0.2) is 5.82 Å². The van der Waals surface area contributed by atoms with Gasteiger partial charge in [-0.25, -0.2) is 4.68 Å². The fourth-order valence-electron chi connectivity index (χ4n) is 3.97.